The summed E-state index contributed by atoms with van der Waals surface area (Å²) >= 11 is 1.96. The molecule has 20 heavy (non-hydrogen) atoms. The van der Waals surface area contributed by atoms with Gasteiger partial charge in [0.05, 0.1) is 11.0 Å². The van der Waals surface area contributed by atoms with E-state index >= 15 is 0 Å². The summed E-state index contributed by atoms with van der Waals surface area (Å²) in [6.45, 7) is 4.55. The topological polar surface area (TPSA) is 70.3 Å². The number of hydrogen-bond acceptors (Lipinski definition) is 3. The second-order valence-corrected chi connectivity index (χ2v) is 6.20. The molecule has 1 aromatic heterocycles. The number of guanidine groups is 1. The summed E-state index contributed by atoms with van der Waals surface area (Å²) in [6.07, 6.45) is 0. The van der Waals surface area contributed by atoms with Crippen LogP contribution in [0.4, 0.5) is 0 Å². The number of aromatic nitrogens is 2. The van der Waals surface area contributed by atoms with Crippen LogP contribution in [0.3, 0.4) is 0 Å². The third-order valence-electron chi connectivity index (χ3n) is 3.41. The Bertz CT molecular complexity index is 628. The summed E-state index contributed by atoms with van der Waals surface area (Å²) in [7, 11) is 0. The molecular formula is C14H19N5S. The molecule has 2 heterocycles. The van der Waals surface area contributed by atoms with Crippen LogP contribution < -0.4 is 5.73 Å². The molecule has 0 amide bonds. The Kier molecular flexibility index (Phi) is 3.82. The first-order chi connectivity index (χ1) is 9.72. The number of H-pyrrole nitrogens is 1. The number of nitrogens with zero attached hydrogens (tertiary/aromatic N) is 3. The molecule has 0 aliphatic carbocycles. The van der Waals surface area contributed by atoms with Gasteiger partial charge in [-0.05, 0) is 24.6 Å². The van der Waals surface area contributed by atoms with Crippen LogP contribution >= 0.6 is 11.8 Å². The molecule has 3 N–H and O–H groups in total. The number of aliphatic imine (C=N–C) groups is 1. The number of nitrogens with one attached hydrogen (secondary N) is 1. The van der Waals surface area contributed by atoms with E-state index < -0.39 is 0 Å². The van der Waals surface area contributed by atoms with E-state index in [2.05, 4.69) is 38.9 Å². The van der Waals surface area contributed by atoms with Crippen molar-refractivity contribution in [2.75, 3.05) is 24.6 Å². The van der Waals surface area contributed by atoms with Crippen molar-refractivity contribution >= 4 is 28.8 Å². The highest BCUT2D eigenvalue weighted by Crippen LogP contribution is 2.14. The third-order valence-corrected chi connectivity index (χ3v) is 4.35. The Morgan fingerprint density at radius 1 is 1.45 bits per heavy atom. The SMILES string of the molecule is Cc1ccc2nc(CN=C(N)N3CCSCC3)[nH]c2c1. The second-order valence-electron chi connectivity index (χ2n) is 4.98. The minimum atomic E-state index is 0.503. The molecule has 3 rings (SSSR count). The smallest absolute Gasteiger partial charge is 0.191 e. The average Bonchev–Trinajstić information content (AvgIpc) is 2.87. The van der Waals surface area contributed by atoms with Gasteiger partial charge >= 0.3 is 0 Å². The van der Waals surface area contributed by atoms with Gasteiger partial charge in [-0.25, -0.2) is 9.98 Å². The van der Waals surface area contributed by atoms with Crippen LogP contribution in [0.1, 0.15) is 11.4 Å². The second kappa shape index (κ2) is 5.75. The zero-order valence-corrected chi connectivity index (χ0v) is 12.4. The molecule has 0 spiro atoms. The minimum absolute atomic E-state index is 0.503. The van der Waals surface area contributed by atoms with E-state index in [1.165, 1.54) is 5.56 Å². The Hall–Kier alpha value is -1.69. The molecule has 0 unspecified atom stereocenters. The predicted molar refractivity (Wildman–Crippen MR) is 85.1 cm³/mol. The molecule has 0 saturated carbocycles. The maximum atomic E-state index is 6.04. The first-order valence-electron chi connectivity index (χ1n) is 6.80. The zero-order chi connectivity index (χ0) is 13.9. The van der Waals surface area contributed by atoms with E-state index in [1.807, 2.05) is 17.8 Å². The molecule has 0 bridgehead atoms. The lowest BCUT2D eigenvalue weighted by molar-refractivity contribution is 0.455. The fourth-order valence-electron chi connectivity index (χ4n) is 2.30. The van der Waals surface area contributed by atoms with Crippen molar-refractivity contribution in [1.82, 2.24) is 14.9 Å². The predicted octanol–water partition coefficient (Wildman–Crippen LogP) is 1.73. The summed E-state index contributed by atoms with van der Waals surface area (Å²) in [6, 6.07) is 6.19. The first-order valence-corrected chi connectivity index (χ1v) is 7.96. The lowest BCUT2D eigenvalue weighted by Crippen LogP contribution is -2.42. The van der Waals surface area contributed by atoms with E-state index in [-0.39, 0.29) is 0 Å². The van der Waals surface area contributed by atoms with Crippen molar-refractivity contribution in [3.63, 3.8) is 0 Å². The fraction of sp³-hybridized carbons (Fsp3) is 0.429. The first kappa shape index (κ1) is 13.3. The number of fused-ring (bicyclic) bond motifs is 1. The maximum Gasteiger partial charge on any atom is 0.191 e. The van der Waals surface area contributed by atoms with Gasteiger partial charge in [-0.1, -0.05) is 6.07 Å². The van der Waals surface area contributed by atoms with Gasteiger partial charge in [0.25, 0.3) is 0 Å². The fourth-order valence-corrected chi connectivity index (χ4v) is 3.20. The molecule has 1 fully saturated rings. The number of aromatic amines is 1. The number of hydrogen-bond donors (Lipinski definition) is 2. The summed E-state index contributed by atoms with van der Waals surface area (Å²) in [5, 5.41) is 0. The summed E-state index contributed by atoms with van der Waals surface area (Å²) in [5.74, 6) is 3.74. The van der Waals surface area contributed by atoms with Crippen molar-refractivity contribution in [3.05, 3.63) is 29.6 Å². The highest BCUT2D eigenvalue weighted by Gasteiger charge is 2.12. The van der Waals surface area contributed by atoms with Crippen molar-refractivity contribution in [1.29, 1.82) is 0 Å². The van der Waals surface area contributed by atoms with Crippen LogP contribution in [0.15, 0.2) is 23.2 Å². The van der Waals surface area contributed by atoms with Crippen molar-refractivity contribution in [3.8, 4) is 0 Å². The summed E-state index contributed by atoms with van der Waals surface area (Å²) in [4.78, 5) is 14.4. The monoisotopic (exact) mass is 289 g/mol. The summed E-state index contributed by atoms with van der Waals surface area (Å²) in [5.41, 5.74) is 9.30. The van der Waals surface area contributed by atoms with E-state index in [4.69, 9.17) is 5.73 Å². The Morgan fingerprint density at radius 3 is 3.05 bits per heavy atom. The zero-order valence-electron chi connectivity index (χ0n) is 11.6. The molecule has 1 aromatic carbocycles. The maximum absolute atomic E-state index is 6.04. The van der Waals surface area contributed by atoms with Gasteiger partial charge in [-0.15, -0.1) is 0 Å². The van der Waals surface area contributed by atoms with Gasteiger partial charge in [-0.3, -0.25) is 0 Å². The van der Waals surface area contributed by atoms with Gasteiger partial charge < -0.3 is 15.6 Å². The number of imidazole rings is 1. The lowest BCUT2D eigenvalue weighted by Gasteiger charge is -2.27. The number of nitrogens with two attached hydrogens (primary N) is 1. The molecule has 6 heteroatoms. The molecule has 106 valence electrons. The van der Waals surface area contributed by atoms with Crippen LogP contribution in [0.25, 0.3) is 11.0 Å². The standard InChI is InChI=1S/C14H19N5S/c1-10-2-3-11-12(8-10)18-13(17-11)9-16-14(15)19-4-6-20-7-5-19/h2-3,8H,4-7,9H2,1H3,(H2,15,16)(H,17,18). The van der Waals surface area contributed by atoms with Crippen LogP contribution in [-0.4, -0.2) is 45.4 Å². The molecule has 0 atom stereocenters. The lowest BCUT2D eigenvalue weighted by atomic mass is 10.2. The molecular weight excluding hydrogens is 270 g/mol. The van der Waals surface area contributed by atoms with Gasteiger partial charge in [0.2, 0.25) is 0 Å². The van der Waals surface area contributed by atoms with Gasteiger partial charge in [-0.2, -0.15) is 11.8 Å². The Labute approximate surface area is 122 Å². The number of benzene rings is 1. The van der Waals surface area contributed by atoms with Gasteiger partial charge in [0.15, 0.2) is 5.96 Å². The minimum Gasteiger partial charge on any atom is -0.370 e. The van der Waals surface area contributed by atoms with Crippen molar-refractivity contribution in [2.24, 2.45) is 10.7 Å². The number of aryl methyl sites for hydroxylation is 1. The Morgan fingerprint density at radius 2 is 2.25 bits per heavy atom. The van der Waals surface area contributed by atoms with Gasteiger partial charge in [0.1, 0.15) is 12.4 Å². The van der Waals surface area contributed by atoms with Crippen LogP contribution in [0.5, 0.6) is 0 Å². The highest BCUT2D eigenvalue weighted by atomic mass is 32.2. The van der Waals surface area contributed by atoms with Crippen LogP contribution in [0.2, 0.25) is 0 Å². The Balaban J connectivity index is 1.72. The number of rotatable bonds is 2. The quantitative estimate of drug-likeness (QED) is 0.652. The average molecular weight is 289 g/mol. The van der Waals surface area contributed by atoms with Crippen molar-refractivity contribution in [2.45, 2.75) is 13.5 Å². The third kappa shape index (κ3) is 2.90. The largest absolute Gasteiger partial charge is 0.370 e. The molecule has 1 aliphatic rings. The molecule has 1 saturated heterocycles. The molecule has 1 aliphatic heterocycles. The summed E-state index contributed by atoms with van der Waals surface area (Å²) < 4.78 is 0. The molecule has 5 nitrogen and oxygen atoms in total. The van der Waals surface area contributed by atoms with E-state index in [0.29, 0.717) is 12.5 Å². The van der Waals surface area contributed by atoms with Gasteiger partial charge in [0, 0.05) is 24.6 Å². The molecule has 0 radical (unpaired) electrons. The van der Waals surface area contributed by atoms with Crippen molar-refractivity contribution < 1.29 is 0 Å². The van der Waals surface area contributed by atoms with Crippen LogP contribution in [0, 0.1) is 6.92 Å². The highest BCUT2D eigenvalue weighted by molar-refractivity contribution is 7.99. The van der Waals surface area contributed by atoms with Crippen LogP contribution in [-0.2, 0) is 6.54 Å². The van der Waals surface area contributed by atoms with E-state index in [1.54, 1.807) is 0 Å². The normalized spacial score (nSPS) is 16.9. The molecule has 2 aromatic rings. The van der Waals surface area contributed by atoms with E-state index in [0.717, 1.165) is 41.5 Å². The number of thioether (sulfide) groups is 1. The van der Waals surface area contributed by atoms with E-state index in [9.17, 15) is 0 Å².